The fraction of sp³-hybridized carbons (Fsp3) is 0.600. The molecule has 1 aromatic heterocycles. The molecular weight excluding hydrogens is 282 g/mol. The number of thiophene rings is 1. The summed E-state index contributed by atoms with van der Waals surface area (Å²) in [6.45, 7) is 5.35. The lowest BCUT2D eigenvalue weighted by atomic mass is 10.1. The first-order chi connectivity index (χ1) is 6.63. The first-order valence-electron chi connectivity index (χ1n) is 4.67. The fourth-order valence-corrected chi connectivity index (χ4v) is 3.16. The molecular formula is C10H15BrClNS. The van der Waals surface area contributed by atoms with E-state index in [4.69, 9.17) is 11.6 Å². The lowest BCUT2D eigenvalue weighted by molar-refractivity contribution is 0.435. The summed E-state index contributed by atoms with van der Waals surface area (Å²) in [5.74, 6) is 0.643. The Morgan fingerprint density at radius 2 is 2.21 bits per heavy atom. The third-order valence-corrected chi connectivity index (χ3v) is 4.07. The van der Waals surface area contributed by atoms with Gasteiger partial charge in [0.25, 0.3) is 0 Å². The third kappa shape index (κ3) is 3.89. The van der Waals surface area contributed by atoms with Gasteiger partial charge in [0.2, 0.25) is 0 Å². The molecule has 0 amide bonds. The summed E-state index contributed by atoms with van der Waals surface area (Å²) < 4.78 is 0.863. The molecule has 0 aliphatic carbocycles. The van der Waals surface area contributed by atoms with Gasteiger partial charge in [-0.25, -0.2) is 0 Å². The van der Waals surface area contributed by atoms with Crippen molar-refractivity contribution < 1.29 is 0 Å². The van der Waals surface area contributed by atoms with Gasteiger partial charge in [0.15, 0.2) is 0 Å². The summed E-state index contributed by atoms with van der Waals surface area (Å²) in [7, 11) is 0. The van der Waals surface area contributed by atoms with Crippen molar-refractivity contribution in [2.75, 3.05) is 5.33 Å². The highest BCUT2D eigenvalue weighted by atomic mass is 79.9. The van der Waals surface area contributed by atoms with E-state index in [0.29, 0.717) is 12.0 Å². The van der Waals surface area contributed by atoms with Crippen LogP contribution in [0.25, 0.3) is 0 Å². The number of rotatable bonds is 5. The van der Waals surface area contributed by atoms with E-state index in [9.17, 15) is 0 Å². The topological polar surface area (TPSA) is 12.0 Å². The van der Waals surface area contributed by atoms with Gasteiger partial charge in [0.1, 0.15) is 0 Å². The molecule has 1 aromatic rings. The van der Waals surface area contributed by atoms with Crippen molar-refractivity contribution in [2.24, 2.45) is 5.92 Å². The van der Waals surface area contributed by atoms with Gasteiger partial charge in [-0.3, -0.25) is 0 Å². The summed E-state index contributed by atoms with van der Waals surface area (Å²) >= 11 is 11.0. The maximum Gasteiger partial charge on any atom is 0.0931 e. The Bertz CT molecular complexity index is 275. The lowest BCUT2D eigenvalue weighted by Crippen LogP contribution is -2.34. The smallest absolute Gasteiger partial charge is 0.0931 e. The molecule has 4 heteroatoms. The summed E-state index contributed by atoms with van der Waals surface area (Å²) in [6, 6.07) is 4.55. The van der Waals surface area contributed by atoms with E-state index in [1.54, 1.807) is 11.3 Å². The number of nitrogens with one attached hydrogen (secondary N) is 1. The van der Waals surface area contributed by atoms with E-state index in [2.05, 4.69) is 41.2 Å². The highest BCUT2D eigenvalue weighted by Crippen LogP contribution is 2.21. The van der Waals surface area contributed by atoms with Crippen molar-refractivity contribution in [1.29, 1.82) is 0 Å². The molecule has 0 aliphatic heterocycles. The van der Waals surface area contributed by atoms with Crippen molar-refractivity contribution in [1.82, 2.24) is 5.32 Å². The summed E-state index contributed by atoms with van der Waals surface area (Å²) in [5.41, 5.74) is 0. The minimum absolute atomic E-state index is 0.524. The second kappa shape index (κ2) is 6.11. The molecule has 0 aliphatic rings. The predicted octanol–water partition coefficient (Wildman–Crippen LogP) is 3.91. The zero-order valence-corrected chi connectivity index (χ0v) is 11.5. The monoisotopic (exact) mass is 295 g/mol. The molecule has 0 spiro atoms. The van der Waals surface area contributed by atoms with Gasteiger partial charge in [-0.05, 0) is 18.1 Å². The minimum atomic E-state index is 0.524. The molecule has 0 fully saturated rings. The minimum Gasteiger partial charge on any atom is -0.308 e. The Morgan fingerprint density at radius 1 is 1.50 bits per heavy atom. The zero-order chi connectivity index (χ0) is 10.6. The molecule has 0 saturated heterocycles. The average Bonchev–Trinajstić information content (AvgIpc) is 2.52. The van der Waals surface area contributed by atoms with Crippen LogP contribution in [0.3, 0.4) is 0 Å². The van der Waals surface area contributed by atoms with E-state index in [1.165, 1.54) is 4.88 Å². The van der Waals surface area contributed by atoms with E-state index in [1.807, 2.05) is 6.07 Å². The Morgan fingerprint density at radius 3 is 2.64 bits per heavy atom. The molecule has 1 N–H and O–H groups in total. The van der Waals surface area contributed by atoms with Crippen LogP contribution in [-0.4, -0.2) is 11.4 Å². The van der Waals surface area contributed by atoms with Crippen LogP contribution in [0.15, 0.2) is 12.1 Å². The van der Waals surface area contributed by atoms with Crippen molar-refractivity contribution in [2.45, 2.75) is 26.4 Å². The predicted molar refractivity (Wildman–Crippen MR) is 68.6 cm³/mol. The van der Waals surface area contributed by atoms with Gasteiger partial charge in [0, 0.05) is 22.8 Å². The second-order valence-corrected chi connectivity index (χ2v) is 6.04. The molecule has 14 heavy (non-hydrogen) atoms. The number of hydrogen-bond acceptors (Lipinski definition) is 2. The molecule has 0 radical (unpaired) electrons. The van der Waals surface area contributed by atoms with Crippen LogP contribution in [0, 0.1) is 5.92 Å². The Kier molecular flexibility index (Phi) is 5.45. The third-order valence-electron chi connectivity index (χ3n) is 2.14. The average molecular weight is 297 g/mol. The fourth-order valence-electron chi connectivity index (χ4n) is 1.15. The molecule has 1 unspecified atom stereocenters. The van der Waals surface area contributed by atoms with Crippen molar-refractivity contribution >= 4 is 38.9 Å². The van der Waals surface area contributed by atoms with Crippen LogP contribution in [-0.2, 0) is 6.54 Å². The maximum absolute atomic E-state index is 5.85. The van der Waals surface area contributed by atoms with E-state index in [-0.39, 0.29) is 0 Å². The van der Waals surface area contributed by atoms with E-state index in [0.717, 1.165) is 16.2 Å². The quantitative estimate of drug-likeness (QED) is 0.812. The van der Waals surface area contributed by atoms with Gasteiger partial charge in [-0.1, -0.05) is 41.4 Å². The molecule has 1 nitrogen and oxygen atoms in total. The molecule has 1 atom stereocenters. The standard InChI is InChI=1S/C10H15BrClNS/c1-7(2)9(5-11)13-6-8-3-4-10(12)14-8/h3-4,7,9,13H,5-6H2,1-2H3. The Balaban J connectivity index is 2.39. The summed E-state index contributed by atoms with van der Waals surface area (Å²) in [4.78, 5) is 1.29. The molecule has 0 saturated carbocycles. The largest absolute Gasteiger partial charge is 0.308 e. The first kappa shape index (κ1) is 12.5. The van der Waals surface area contributed by atoms with Gasteiger partial charge in [-0.15, -0.1) is 11.3 Å². The van der Waals surface area contributed by atoms with Crippen molar-refractivity contribution in [3.05, 3.63) is 21.3 Å². The van der Waals surface area contributed by atoms with Crippen LogP contribution in [0.2, 0.25) is 4.34 Å². The van der Waals surface area contributed by atoms with Gasteiger partial charge < -0.3 is 5.32 Å². The molecule has 1 rings (SSSR count). The zero-order valence-electron chi connectivity index (χ0n) is 8.39. The van der Waals surface area contributed by atoms with Gasteiger partial charge in [-0.2, -0.15) is 0 Å². The normalized spacial score (nSPS) is 13.5. The molecule has 80 valence electrons. The molecule has 0 bridgehead atoms. The van der Waals surface area contributed by atoms with Gasteiger partial charge in [0.05, 0.1) is 4.34 Å². The van der Waals surface area contributed by atoms with Crippen LogP contribution < -0.4 is 5.32 Å². The second-order valence-electron chi connectivity index (χ2n) is 3.59. The highest BCUT2D eigenvalue weighted by Gasteiger charge is 2.10. The Hall–Kier alpha value is 0.430. The van der Waals surface area contributed by atoms with Gasteiger partial charge >= 0.3 is 0 Å². The van der Waals surface area contributed by atoms with Crippen LogP contribution >= 0.6 is 38.9 Å². The number of hydrogen-bond donors (Lipinski definition) is 1. The van der Waals surface area contributed by atoms with E-state index >= 15 is 0 Å². The van der Waals surface area contributed by atoms with Crippen LogP contribution in [0.1, 0.15) is 18.7 Å². The highest BCUT2D eigenvalue weighted by molar-refractivity contribution is 9.09. The molecule has 0 aromatic carbocycles. The number of alkyl halides is 1. The Labute approximate surface area is 103 Å². The van der Waals surface area contributed by atoms with E-state index < -0.39 is 0 Å². The first-order valence-corrected chi connectivity index (χ1v) is 6.98. The SMILES string of the molecule is CC(C)C(CBr)NCc1ccc(Cl)s1. The summed E-state index contributed by atoms with van der Waals surface area (Å²) in [5, 5.41) is 4.49. The van der Waals surface area contributed by atoms with Crippen LogP contribution in [0.4, 0.5) is 0 Å². The summed E-state index contributed by atoms with van der Waals surface area (Å²) in [6.07, 6.45) is 0. The number of halogens is 2. The molecule has 1 heterocycles. The maximum atomic E-state index is 5.85. The lowest BCUT2D eigenvalue weighted by Gasteiger charge is -2.19. The van der Waals surface area contributed by atoms with Crippen molar-refractivity contribution in [3.63, 3.8) is 0 Å². The van der Waals surface area contributed by atoms with Crippen LogP contribution in [0.5, 0.6) is 0 Å². The van der Waals surface area contributed by atoms with Crippen molar-refractivity contribution in [3.8, 4) is 0 Å².